The number of carboxylic acids is 1. The molecule has 2 N–H and O–H groups in total. The van der Waals surface area contributed by atoms with Gasteiger partial charge in [-0.2, -0.15) is 13.2 Å². The van der Waals surface area contributed by atoms with Gasteiger partial charge in [0.25, 0.3) is 0 Å². The number of hydrogen-bond donors (Lipinski definition) is 2. The van der Waals surface area contributed by atoms with Crippen LogP contribution >= 0.6 is 0 Å². The van der Waals surface area contributed by atoms with E-state index in [1.54, 1.807) is 6.07 Å². The van der Waals surface area contributed by atoms with E-state index in [1.807, 2.05) is 12.1 Å². The summed E-state index contributed by atoms with van der Waals surface area (Å²) in [7, 11) is 1.51. The number of methoxy groups -OCH3 is 1. The number of nitrogens with zero attached hydrogens (tertiary/aromatic N) is 1. The number of rotatable bonds is 6. The van der Waals surface area contributed by atoms with Gasteiger partial charge in [-0.1, -0.05) is 18.2 Å². The molecule has 0 radical (unpaired) electrons. The van der Waals surface area contributed by atoms with Gasteiger partial charge in [-0.25, -0.2) is 9.18 Å². The molecule has 1 aromatic carbocycles. The second kappa shape index (κ2) is 10.7. The zero-order valence-corrected chi connectivity index (χ0v) is 16.3. The number of ether oxygens (including phenoxy) is 2. The molecule has 168 valence electrons. The Balaban J connectivity index is 0.000000396. The molecule has 0 aromatic heterocycles. The summed E-state index contributed by atoms with van der Waals surface area (Å²) >= 11 is 0. The highest BCUT2D eigenvalue weighted by Crippen LogP contribution is 2.34. The maximum absolute atomic E-state index is 13.8. The van der Waals surface area contributed by atoms with Crippen molar-refractivity contribution in [2.75, 3.05) is 40.0 Å². The SMILES string of the molecule is COCC(=O)NC[C@@H]1CO[C@@H]2CN(Cc3ccccc3F)C[C@H]12.O=C(O)C(F)(F)F. The molecule has 2 aliphatic rings. The largest absolute Gasteiger partial charge is 0.490 e. The zero-order valence-electron chi connectivity index (χ0n) is 16.3. The monoisotopic (exact) mass is 436 g/mol. The van der Waals surface area contributed by atoms with Gasteiger partial charge in [-0.05, 0) is 6.07 Å². The molecule has 11 heteroatoms. The van der Waals surface area contributed by atoms with E-state index in [4.69, 9.17) is 19.4 Å². The van der Waals surface area contributed by atoms with Crippen molar-refractivity contribution in [3.8, 4) is 0 Å². The Hall–Kier alpha value is -2.24. The second-order valence-electron chi connectivity index (χ2n) is 7.12. The van der Waals surface area contributed by atoms with Crippen LogP contribution in [0.1, 0.15) is 5.56 Å². The standard InChI is InChI=1S/C17H23FN2O3.C2HF3O2/c1-22-11-17(21)19-6-13-10-23-16-9-20(8-14(13)16)7-12-4-2-3-5-15(12)18;3-2(4,5)1(6)7/h2-5,13-14,16H,6-11H2,1H3,(H,19,21);(H,6,7)/t13-,14-,16-;/m1./s1. The smallest absolute Gasteiger partial charge is 0.475 e. The maximum Gasteiger partial charge on any atom is 0.490 e. The average Bonchev–Trinajstić information content (AvgIpc) is 3.22. The third-order valence-corrected chi connectivity index (χ3v) is 4.95. The van der Waals surface area contributed by atoms with Crippen LogP contribution in [-0.4, -0.2) is 74.1 Å². The number of aliphatic carboxylic acids is 1. The highest BCUT2D eigenvalue weighted by Gasteiger charge is 2.43. The van der Waals surface area contributed by atoms with Crippen LogP contribution in [0.4, 0.5) is 17.6 Å². The minimum atomic E-state index is -5.08. The number of carboxylic acid groups (broad SMARTS) is 1. The number of amides is 1. The summed E-state index contributed by atoms with van der Waals surface area (Å²) in [6.07, 6.45) is -4.90. The number of fused-ring (bicyclic) bond motifs is 1. The van der Waals surface area contributed by atoms with Crippen molar-refractivity contribution in [2.45, 2.75) is 18.8 Å². The number of alkyl halides is 3. The Morgan fingerprint density at radius 3 is 2.57 bits per heavy atom. The number of carbonyl (C=O) groups is 2. The molecular formula is C19H24F4N2O5. The first kappa shape index (κ1) is 24.0. The van der Waals surface area contributed by atoms with Gasteiger partial charge >= 0.3 is 12.1 Å². The maximum atomic E-state index is 13.8. The molecule has 7 nitrogen and oxygen atoms in total. The van der Waals surface area contributed by atoms with E-state index in [0.717, 1.165) is 18.7 Å². The Morgan fingerprint density at radius 2 is 1.97 bits per heavy atom. The highest BCUT2D eigenvalue weighted by molar-refractivity contribution is 5.77. The van der Waals surface area contributed by atoms with Gasteiger partial charge in [0.2, 0.25) is 5.91 Å². The second-order valence-corrected chi connectivity index (χ2v) is 7.12. The fraction of sp³-hybridized carbons (Fsp3) is 0.579. The first-order valence-corrected chi connectivity index (χ1v) is 9.25. The molecular weight excluding hydrogens is 412 g/mol. The fourth-order valence-corrected chi connectivity index (χ4v) is 3.51. The third-order valence-electron chi connectivity index (χ3n) is 4.95. The topological polar surface area (TPSA) is 88.1 Å². The van der Waals surface area contributed by atoms with Crippen LogP contribution in [0, 0.1) is 17.7 Å². The lowest BCUT2D eigenvalue weighted by Crippen LogP contribution is -2.35. The van der Waals surface area contributed by atoms with E-state index >= 15 is 0 Å². The first-order valence-electron chi connectivity index (χ1n) is 9.25. The van der Waals surface area contributed by atoms with Crippen molar-refractivity contribution < 1.29 is 41.7 Å². The van der Waals surface area contributed by atoms with E-state index in [0.29, 0.717) is 31.5 Å². The molecule has 0 aliphatic carbocycles. The number of nitrogens with one attached hydrogen (secondary N) is 1. The Labute approximate surface area is 170 Å². The zero-order chi connectivity index (χ0) is 22.3. The Morgan fingerprint density at radius 1 is 1.30 bits per heavy atom. The summed E-state index contributed by atoms with van der Waals surface area (Å²) in [5, 5.41) is 10.0. The van der Waals surface area contributed by atoms with E-state index in [2.05, 4.69) is 10.2 Å². The number of likely N-dealkylation sites (tertiary alicyclic amines) is 1. The van der Waals surface area contributed by atoms with E-state index in [-0.39, 0.29) is 24.4 Å². The van der Waals surface area contributed by atoms with E-state index in [9.17, 15) is 22.4 Å². The number of hydrogen-bond acceptors (Lipinski definition) is 5. The molecule has 1 aromatic rings. The lowest BCUT2D eigenvalue weighted by Gasteiger charge is -2.20. The van der Waals surface area contributed by atoms with Gasteiger partial charge in [0.05, 0.1) is 12.7 Å². The van der Waals surface area contributed by atoms with Crippen molar-refractivity contribution >= 4 is 11.9 Å². The number of carbonyl (C=O) groups excluding carboxylic acids is 1. The molecule has 0 unspecified atom stereocenters. The van der Waals surface area contributed by atoms with Gasteiger partial charge in [0.1, 0.15) is 12.4 Å². The van der Waals surface area contributed by atoms with Crippen LogP contribution in [-0.2, 0) is 25.6 Å². The van der Waals surface area contributed by atoms with Gasteiger partial charge in [0.15, 0.2) is 0 Å². The predicted octanol–water partition coefficient (Wildman–Crippen LogP) is 1.67. The molecule has 0 spiro atoms. The van der Waals surface area contributed by atoms with Crippen molar-refractivity contribution in [2.24, 2.45) is 11.8 Å². The fourth-order valence-electron chi connectivity index (χ4n) is 3.51. The van der Waals surface area contributed by atoms with Crippen molar-refractivity contribution in [3.63, 3.8) is 0 Å². The Kier molecular flexibility index (Phi) is 8.56. The van der Waals surface area contributed by atoms with Gasteiger partial charge in [-0.15, -0.1) is 0 Å². The van der Waals surface area contributed by atoms with E-state index < -0.39 is 12.1 Å². The van der Waals surface area contributed by atoms with Crippen LogP contribution in [0.15, 0.2) is 24.3 Å². The van der Waals surface area contributed by atoms with Crippen LogP contribution in [0.5, 0.6) is 0 Å². The molecule has 3 rings (SSSR count). The van der Waals surface area contributed by atoms with Crippen molar-refractivity contribution in [3.05, 3.63) is 35.6 Å². The number of benzene rings is 1. The van der Waals surface area contributed by atoms with Crippen LogP contribution in [0.25, 0.3) is 0 Å². The molecule has 30 heavy (non-hydrogen) atoms. The first-order chi connectivity index (χ1) is 14.1. The van der Waals surface area contributed by atoms with Crippen LogP contribution in [0.3, 0.4) is 0 Å². The summed E-state index contributed by atoms with van der Waals surface area (Å²) in [5.41, 5.74) is 0.720. The summed E-state index contributed by atoms with van der Waals surface area (Å²) in [6.45, 7) is 3.67. The molecule has 2 aliphatic heterocycles. The van der Waals surface area contributed by atoms with Gasteiger partial charge < -0.3 is 19.9 Å². The predicted molar refractivity (Wildman–Crippen MR) is 97.0 cm³/mol. The normalized spacial score (nSPS) is 23.4. The summed E-state index contributed by atoms with van der Waals surface area (Å²) in [5.74, 6) is -2.31. The summed E-state index contributed by atoms with van der Waals surface area (Å²) in [4.78, 5) is 22.6. The molecule has 2 fully saturated rings. The molecule has 1 amide bonds. The van der Waals surface area contributed by atoms with Crippen molar-refractivity contribution in [1.82, 2.24) is 10.2 Å². The molecule has 0 bridgehead atoms. The quantitative estimate of drug-likeness (QED) is 0.660. The van der Waals surface area contributed by atoms with Crippen LogP contribution < -0.4 is 5.32 Å². The molecule has 2 saturated heterocycles. The lowest BCUT2D eigenvalue weighted by molar-refractivity contribution is -0.192. The molecule has 0 saturated carbocycles. The Bertz CT molecular complexity index is 731. The lowest BCUT2D eigenvalue weighted by atomic mass is 9.93. The highest BCUT2D eigenvalue weighted by atomic mass is 19.4. The van der Waals surface area contributed by atoms with Gasteiger partial charge in [0, 0.05) is 50.7 Å². The number of halogens is 4. The minimum absolute atomic E-state index is 0.0844. The average molecular weight is 436 g/mol. The summed E-state index contributed by atoms with van der Waals surface area (Å²) < 4.78 is 56.2. The molecule has 2 heterocycles. The summed E-state index contributed by atoms with van der Waals surface area (Å²) in [6, 6.07) is 6.89. The van der Waals surface area contributed by atoms with Gasteiger partial charge in [-0.3, -0.25) is 9.69 Å². The van der Waals surface area contributed by atoms with E-state index in [1.165, 1.54) is 13.2 Å². The minimum Gasteiger partial charge on any atom is -0.475 e. The van der Waals surface area contributed by atoms with Crippen LogP contribution in [0.2, 0.25) is 0 Å². The molecule has 3 atom stereocenters. The third kappa shape index (κ3) is 6.92. The van der Waals surface area contributed by atoms with Crippen molar-refractivity contribution in [1.29, 1.82) is 0 Å².